The third kappa shape index (κ3) is 2.26. The molecule has 0 bridgehead atoms. The summed E-state index contributed by atoms with van der Waals surface area (Å²) < 4.78 is 1.54. The molecule has 2 aromatic carbocycles. The molecule has 0 aliphatic carbocycles. The number of carboxylic acid groups (broad SMARTS) is 1. The van der Waals surface area contributed by atoms with Crippen LogP contribution in [0, 0.1) is 0 Å². The minimum absolute atomic E-state index is 0.148. The standard InChI is InChI=1S/C17H14N2O3/c1-2-15-18-14-6-4-3-5-13(14)16(20)19(15)12-9-7-11(8-10-12)17(21)22/h3-10H,2H2,1H3,(H,21,22). The second kappa shape index (κ2) is 5.44. The van der Waals surface area contributed by atoms with E-state index in [4.69, 9.17) is 5.11 Å². The quantitative estimate of drug-likeness (QED) is 0.806. The molecule has 0 aliphatic rings. The molecule has 0 atom stereocenters. The van der Waals surface area contributed by atoms with Gasteiger partial charge in [0.05, 0.1) is 22.2 Å². The van der Waals surface area contributed by atoms with E-state index >= 15 is 0 Å². The van der Waals surface area contributed by atoms with Gasteiger partial charge in [-0.3, -0.25) is 9.36 Å². The van der Waals surface area contributed by atoms with E-state index in [1.54, 1.807) is 24.3 Å². The monoisotopic (exact) mass is 294 g/mol. The average Bonchev–Trinajstić information content (AvgIpc) is 2.55. The Labute approximate surface area is 126 Å². The van der Waals surface area contributed by atoms with Crippen molar-refractivity contribution in [2.45, 2.75) is 13.3 Å². The molecule has 1 heterocycles. The zero-order valence-electron chi connectivity index (χ0n) is 12.0. The molecule has 110 valence electrons. The van der Waals surface area contributed by atoms with E-state index in [2.05, 4.69) is 4.98 Å². The minimum atomic E-state index is -0.994. The highest BCUT2D eigenvalue weighted by atomic mass is 16.4. The first kappa shape index (κ1) is 14.0. The number of aryl methyl sites for hydroxylation is 1. The number of hydrogen-bond acceptors (Lipinski definition) is 3. The normalized spacial score (nSPS) is 10.8. The Bertz CT molecular complexity index is 911. The number of benzene rings is 2. The minimum Gasteiger partial charge on any atom is -0.478 e. The zero-order chi connectivity index (χ0) is 15.7. The van der Waals surface area contributed by atoms with E-state index in [1.807, 2.05) is 19.1 Å². The van der Waals surface area contributed by atoms with E-state index in [1.165, 1.54) is 16.7 Å². The molecule has 5 nitrogen and oxygen atoms in total. The van der Waals surface area contributed by atoms with Gasteiger partial charge in [0.2, 0.25) is 0 Å². The number of carbonyl (C=O) groups is 1. The molecule has 0 radical (unpaired) electrons. The first-order valence-corrected chi connectivity index (χ1v) is 6.96. The second-order valence-corrected chi connectivity index (χ2v) is 4.89. The topological polar surface area (TPSA) is 72.2 Å². The number of aromatic carboxylic acids is 1. The molecule has 3 rings (SSSR count). The third-order valence-corrected chi connectivity index (χ3v) is 3.53. The third-order valence-electron chi connectivity index (χ3n) is 3.53. The van der Waals surface area contributed by atoms with Crippen LogP contribution in [0.15, 0.2) is 53.3 Å². The van der Waals surface area contributed by atoms with Crippen LogP contribution in [-0.4, -0.2) is 20.6 Å². The highest BCUT2D eigenvalue weighted by molar-refractivity contribution is 5.87. The summed E-state index contributed by atoms with van der Waals surface area (Å²) in [6.07, 6.45) is 0.598. The highest BCUT2D eigenvalue weighted by Crippen LogP contribution is 2.14. The summed E-state index contributed by atoms with van der Waals surface area (Å²) in [5.41, 5.74) is 1.32. The summed E-state index contributed by atoms with van der Waals surface area (Å²) in [5.74, 6) is -0.349. The fourth-order valence-corrected chi connectivity index (χ4v) is 2.44. The Morgan fingerprint density at radius 2 is 1.82 bits per heavy atom. The second-order valence-electron chi connectivity index (χ2n) is 4.89. The molecule has 0 amide bonds. The van der Waals surface area contributed by atoms with Crippen molar-refractivity contribution in [2.24, 2.45) is 0 Å². The lowest BCUT2D eigenvalue weighted by molar-refractivity contribution is 0.0697. The molecule has 0 aliphatic heterocycles. The number of hydrogen-bond donors (Lipinski definition) is 1. The average molecular weight is 294 g/mol. The van der Waals surface area contributed by atoms with Crippen molar-refractivity contribution in [1.29, 1.82) is 0 Å². The largest absolute Gasteiger partial charge is 0.478 e. The summed E-state index contributed by atoms with van der Waals surface area (Å²) in [6, 6.07) is 13.4. The smallest absolute Gasteiger partial charge is 0.335 e. The van der Waals surface area contributed by atoms with Gasteiger partial charge in [-0.15, -0.1) is 0 Å². The molecule has 22 heavy (non-hydrogen) atoms. The van der Waals surface area contributed by atoms with Crippen LogP contribution in [-0.2, 0) is 6.42 Å². The van der Waals surface area contributed by atoms with Gasteiger partial charge >= 0.3 is 5.97 Å². The number of carboxylic acids is 1. The van der Waals surface area contributed by atoms with E-state index in [0.29, 0.717) is 28.8 Å². The summed E-state index contributed by atoms with van der Waals surface area (Å²) in [7, 11) is 0. The fraction of sp³-hybridized carbons (Fsp3) is 0.118. The summed E-state index contributed by atoms with van der Waals surface area (Å²) in [5, 5.41) is 9.51. The number of nitrogens with zero attached hydrogens (tertiary/aromatic N) is 2. The number of aromatic nitrogens is 2. The van der Waals surface area contributed by atoms with Crippen molar-refractivity contribution < 1.29 is 9.90 Å². The Hall–Kier alpha value is -2.95. The van der Waals surface area contributed by atoms with Gasteiger partial charge in [0, 0.05) is 6.42 Å². The maximum atomic E-state index is 12.7. The van der Waals surface area contributed by atoms with Crippen LogP contribution in [0.25, 0.3) is 16.6 Å². The maximum absolute atomic E-state index is 12.7. The Morgan fingerprint density at radius 3 is 2.45 bits per heavy atom. The van der Waals surface area contributed by atoms with Gasteiger partial charge in [0.1, 0.15) is 5.82 Å². The summed E-state index contributed by atoms with van der Waals surface area (Å²) in [6.45, 7) is 1.93. The lowest BCUT2D eigenvalue weighted by atomic mass is 10.2. The van der Waals surface area contributed by atoms with Crippen molar-refractivity contribution in [3.8, 4) is 5.69 Å². The number of para-hydroxylation sites is 1. The van der Waals surface area contributed by atoms with Crippen LogP contribution in [0.4, 0.5) is 0 Å². The van der Waals surface area contributed by atoms with Crippen molar-refractivity contribution in [3.05, 3.63) is 70.3 Å². The molecule has 5 heteroatoms. The van der Waals surface area contributed by atoms with E-state index in [0.717, 1.165) is 0 Å². The molecule has 0 fully saturated rings. The molecule has 1 aromatic heterocycles. The van der Waals surface area contributed by atoms with Gasteiger partial charge < -0.3 is 5.11 Å². The number of fused-ring (bicyclic) bond motifs is 1. The van der Waals surface area contributed by atoms with Gasteiger partial charge in [0.25, 0.3) is 5.56 Å². The maximum Gasteiger partial charge on any atom is 0.335 e. The Kier molecular flexibility index (Phi) is 3.47. The molecule has 0 saturated carbocycles. The molecular weight excluding hydrogens is 280 g/mol. The first-order chi connectivity index (χ1) is 10.6. The van der Waals surface area contributed by atoms with Gasteiger partial charge in [-0.05, 0) is 36.4 Å². The Balaban J connectivity index is 2.27. The van der Waals surface area contributed by atoms with Gasteiger partial charge in [-0.1, -0.05) is 19.1 Å². The van der Waals surface area contributed by atoms with E-state index in [-0.39, 0.29) is 11.1 Å². The summed E-state index contributed by atoms with van der Waals surface area (Å²) >= 11 is 0. The SMILES string of the molecule is CCc1nc2ccccc2c(=O)n1-c1ccc(C(=O)O)cc1. The van der Waals surface area contributed by atoms with Crippen LogP contribution in [0.5, 0.6) is 0 Å². The highest BCUT2D eigenvalue weighted by Gasteiger charge is 2.12. The van der Waals surface area contributed by atoms with Crippen molar-refractivity contribution in [3.63, 3.8) is 0 Å². The van der Waals surface area contributed by atoms with Gasteiger partial charge in [0.15, 0.2) is 0 Å². The Morgan fingerprint density at radius 1 is 1.14 bits per heavy atom. The molecular formula is C17H14N2O3. The van der Waals surface area contributed by atoms with Crippen LogP contribution in [0.3, 0.4) is 0 Å². The van der Waals surface area contributed by atoms with Crippen LogP contribution in [0.1, 0.15) is 23.1 Å². The van der Waals surface area contributed by atoms with E-state index in [9.17, 15) is 9.59 Å². The van der Waals surface area contributed by atoms with Crippen molar-refractivity contribution in [2.75, 3.05) is 0 Å². The molecule has 3 aromatic rings. The molecule has 1 N–H and O–H groups in total. The lowest BCUT2D eigenvalue weighted by Gasteiger charge is -2.12. The van der Waals surface area contributed by atoms with E-state index < -0.39 is 5.97 Å². The van der Waals surface area contributed by atoms with Gasteiger partial charge in [-0.25, -0.2) is 9.78 Å². The number of rotatable bonds is 3. The van der Waals surface area contributed by atoms with Crippen molar-refractivity contribution >= 4 is 16.9 Å². The van der Waals surface area contributed by atoms with Crippen LogP contribution < -0.4 is 5.56 Å². The van der Waals surface area contributed by atoms with Crippen molar-refractivity contribution in [1.82, 2.24) is 9.55 Å². The van der Waals surface area contributed by atoms with Crippen LogP contribution >= 0.6 is 0 Å². The molecule has 0 spiro atoms. The first-order valence-electron chi connectivity index (χ1n) is 6.96. The predicted molar refractivity (Wildman–Crippen MR) is 83.7 cm³/mol. The lowest BCUT2D eigenvalue weighted by Crippen LogP contribution is -2.23. The van der Waals surface area contributed by atoms with Gasteiger partial charge in [-0.2, -0.15) is 0 Å². The predicted octanol–water partition coefficient (Wildman–Crippen LogP) is 2.65. The summed E-state index contributed by atoms with van der Waals surface area (Å²) in [4.78, 5) is 28.2. The zero-order valence-corrected chi connectivity index (χ0v) is 12.0. The molecule has 0 saturated heterocycles. The van der Waals surface area contributed by atoms with Crippen LogP contribution in [0.2, 0.25) is 0 Å². The fourth-order valence-electron chi connectivity index (χ4n) is 2.44. The molecule has 0 unspecified atom stereocenters.